The van der Waals surface area contributed by atoms with E-state index in [1.165, 1.54) is 12.1 Å². The number of H-pyrrole nitrogens is 1. The number of carbonyl (C=O) groups excluding carboxylic acids is 1. The van der Waals surface area contributed by atoms with Crippen LogP contribution in [0.1, 0.15) is 34.2 Å². The quantitative estimate of drug-likeness (QED) is 0.729. The van der Waals surface area contributed by atoms with Gasteiger partial charge in [-0.3, -0.25) is 4.79 Å². The second kappa shape index (κ2) is 5.28. The van der Waals surface area contributed by atoms with Crippen LogP contribution in [0, 0.1) is 5.82 Å². The van der Waals surface area contributed by atoms with Crippen molar-refractivity contribution in [3.05, 3.63) is 44.9 Å². The fourth-order valence-electron chi connectivity index (χ4n) is 2.91. The van der Waals surface area contributed by atoms with Crippen LogP contribution in [0.2, 0.25) is 5.02 Å². The van der Waals surface area contributed by atoms with E-state index in [2.05, 4.69) is 15.0 Å². The molecule has 0 spiro atoms. The molecule has 8 heteroatoms. The van der Waals surface area contributed by atoms with E-state index in [-0.39, 0.29) is 28.8 Å². The molecule has 1 aliphatic heterocycles. The Bertz CT molecular complexity index is 882. The second-order valence-corrected chi connectivity index (χ2v) is 6.72. The van der Waals surface area contributed by atoms with Gasteiger partial charge in [0.05, 0.1) is 22.3 Å². The van der Waals surface area contributed by atoms with Crippen LogP contribution in [0.5, 0.6) is 0 Å². The van der Waals surface area contributed by atoms with E-state index in [0.717, 1.165) is 10.6 Å². The largest absolute Gasteiger partial charge is 0.331 e. The van der Waals surface area contributed by atoms with Crippen molar-refractivity contribution in [3.63, 3.8) is 0 Å². The van der Waals surface area contributed by atoms with Crippen molar-refractivity contribution in [1.82, 2.24) is 19.9 Å². The molecular formula is C15H12ClFN4OS. The summed E-state index contributed by atoms with van der Waals surface area (Å²) in [6, 6.07) is 2.61. The predicted octanol–water partition coefficient (Wildman–Crippen LogP) is 3.57. The number of fused-ring (bicyclic) bond motifs is 2. The molecule has 23 heavy (non-hydrogen) atoms. The Labute approximate surface area is 140 Å². The minimum Gasteiger partial charge on any atom is -0.331 e. The van der Waals surface area contributed by atoms with Crippen LogP contribution in [-0.4, -0.2) is 32.3 Å². The number of aromatic amines is 1. The first-order chi connectivity index (χ1) is 11.1. The Balaban J connectivity index is 1.73. The second-order valence-electron chi connectivity index (χ2n) is 5.43. The summed E-state index contributed by atoms with van der Waals surface area (Å²) in [6.07, 6.45) is 0.713. The molecule has 3 aromatic rings. The third kappa shape index (κ3) is 2.22. The molecule has 1 N–H and O–H groups in total. The Morgan fingerprint density at radius 1 is 1.52 bits per heavy atom. The highest BCUT2D eigenvalue weighted by atomic mass is 35.5. The zero-order valence-electron chi connectivity index (χ0n) is 12.1. The van der Waals surface area contributed by atoms with E-state index < -0.39 is 5.82 Å². The number of carbonyl (C=O) groups is 1. The Morgan fingerprint density at radius 3 is 3.13 bits per heavy atom. The van der Waals surface area contributed by atoms with E-state index in [4.69, 9.17) is 11.6 Å². The van der Waals surface area contributed by atoms with Crippen LogP contribution in [-0.2, 0) is 6.42 Å². The van der Waals surface area contributed by atoms with E-state index in [9.17, 15) is 9.18 Å². The number of benzene rings is 1. The molecule has 118 valence electrons. The lowest BCUT2D eigenvalue weighted by molar-refractivity contribution is 0.0669. The number of hydrogen-bond donors (Lipinski definition) is 1. The molecule has 0 bridgehead atoms. The number of thiazole rings is 1. The van der Waals surface area contributed by atoms with E-state index in [1.54, 1.807) is 21.7 Å². The molecule has 4 rings (SSSR count). The first-order valence-electron chi connectivity index (χ1n) is 7.13. The molecule has 1 aliphatic rings. The molecular weight excluding hydrogens is 339 g/mol. The normalized spacial score (nSPS) is 17.5. The number of aromatic nitrogens is 3. The molecule has 0 aliphatic carbocycles. The molecule has 2 aromatic heterocycles. The van der Waals surface area contributed by atoms with Crippen LogP contribution in [0.25, 0.3) is 11.0 Å². The van der Waals surface area contributed by atoms with Crippen molar-refractivity contribution in [2.24, 2.45) is 0 Å². The van der Waals surface area contributed by atoms with Crippen LogP contribution in [0.15, 0.2) is 17.6 Å². The van der Waals surface area contributed by atoms with Gasteiger partial charge in [-0.2, -0.15) is 0 Å². The van der Waals surface area contributed by atoms with Crippen molar-refractivity contribution in [2.45, 2.75) is 19.4 Å². The maximum absolute atomic E-state index is 13.9. The van der Waals surface area contributed by atoms with Crippen molar-refractivity contribution >= 4 is 39.9 Å². The van der Waals surface area contributed by atoms with Crippen LogP contribution < -0.4 is 0 Å². The maximum Gasteiger partial charge on any atom is 0.290 e. The summed E-state index contributed by atoms with van der Waals surface area (Å²) in [4.78, 5) is 26.9. The minimum absolute atomic E-state index is 0.0766. The topological polar surface area (TPSA) is 61.9 Å². The van der Waals surface area contributed by atoms with Gasteiger partial charge in [0.2, 0.25) is 0 Å². The number of imidazole rings is 1. The average molecular weight is 351 g/mol. The number of amides is 1. The third-order valence-corrected chi connectivity index (χ3v) is 5.46. The Hall–Kier alpha value is -1.99. The van der Waals surface area contributed by atoms with Crippen molar-refractivity contribution < 1.29 is 9.18 Å². The smallest absolute Gasteiger partial charge is 0.290 e. The first kappa shape index (κ1) is 14.6. The number of halogens is 2. The SMILES string of the molecule is C[C@@H]1c2scnc2CCN1C(=O)c1nc2c(Cl)ccc(F)c2[nH]1. The van der Waals surface area contributed by atoms with Gasteiger partial charge >= 0.3 is 0 Å². The van der Waals surface area contributed by atoms with Gasteiger partial charge in [-0.05, 0) is 19.1 Å². The number of nitrogens with zero attached hydrogens (tertiary/aromatic N) is 3. The lowest BCUT2D eigenvalue weighted by Gasteiger charge is -2.32. The summed E-state index contributed by atoms with van der Waals surface area (Å²) in [5, 5.41) is 0.313. The fraction of sp³-hybridized carbons (Fsp3) is 0.267. The lowest BCUT2D eigenvalue weighted by Crippen LogP contribution is -2.38. The van der Waals surface area contributed by atoms with Crippen LogP contribution in [0.3, 0.4) is 0 Å². The Kier molecular flexibility index (Phi) is 3.35. The molecule has 0 fully saturated rings. The molecule has 0 saturated heterocycles. The highest BCUT2D eigenvalue weighted by Gasteiger charge is 2.31. The molecule has 0 saturated carbocycles. The number of rotatable bonds is 1. The average Bonchev–Trinajstić information content (AvgIpc) is 3.18. The summed E-state index contributed by atoms with van der Waals surface area (Å²) >= 11 is 7.58. The summed E-state index contributed by atoms with van der Waals surface area (Å²) in [6.45, 7) is 2.52. The summed E-state index contributed by atoms with van der Waals surface area (Å²) < 4.78 is 13.9. The Morgan fingerprint density at radius 2 is 2.35 bits per heavy atom. The molecule has 0 unspecified atom stereocenters. The van der Waals surface area contributed by atoms with E-state index in [1.807, 2.05) is 6.92 Å². The standard InChI is InChI=1S/C15H12ClFN4OS/c1-7-13-10(18-6-23-13)4-5-21(7)15(22)14-19-11-8(16)2-3-9(17)12(11)20-14/h2-3,6-7H,4-5H2,1H3,(H,19,20)/t7-/m1/s1. The van der Waals surface area contributed by atoms with Gasteiger partial charge in [0.25, 0.3) is 5.91 Å². The third-order valence-electron chi connectivity index (χ3n) is 4.12. The highest BCUT2D eigenvalue weighted by molar-refractivity contribution is 7.09. The summed E-state index contributed by atoms with van der Waals surface area (Å²) in [5.74, 6) is -0.637. The van der Waals surface area contributed by atoms with Gasteiger partial charge in [-0.25, -0.2) is 14.4 Å². The molecule has 3 heterocycles. The van der Waals surface area contributed by atoms with Gasteiger partial charge in [0, 0.05) is 17.8 Å². The number of hydrogen-bond acceptors (Lipinski definition) is 4. The van der Waals surface area contributed by atoms with Crippen molar-refractivity contribution in [3.8, 4) is 0 Å². The minimum atomic E-state index is -0.479. The summed E-state index contributed by atoms with van der Waals surface area (Å²) in [5.41, 5.74) is 3.28. The molecule has 1 amide bonds. The zero-order valence-corrected chi connectivity index (χ0v) is 13.7. The highest BCUT2D eigenvalue weighted by Crippen LogP contribution is 2.33. The van der Waals surface area contributed by atoms with Crippen molar-refractivity contribution in [1.29, 1.82) is 0 Å². The summed E-state index contributed by atoms with van der Waals surface area (Å²) in [7, 11) is 0. The van der Waals surface area contributed by atoms with Crippen LogP contribution >= 0.6 is 22.9 Å². The monoisotopic (exact) mass is 350 g/mol. The molecule has 1 atom stereocenters. The van der Waals surface area contributed by atoms with Crippen LogP contribution in [0.4, 0.5) is 4.39 Å². The van der Waals surface area contributed by atoms with Crippen molar-refractivity contribution in [2.75, 3.05) is 6.54 Å². The molecule has 5 nitrogen and oxygen atoms in total. The van der Waals surface area contributed by atoms with E-state index in [0.29, 0.717) is 18.0 Å². The van der Waals surface area contributed by atoms with Gasteiger partial charge in [-0.1, -0.05) is 11.6 Å². The van der Waals surface area contributed by atoms with Gasteiger partial charge < -0.3 is 9.88 Å². The predicted molar refractivity (Wildman–Crippen MR) is 86.3 cm³/mol. The lowest BCUT2D eigenvalue weighted by atomic mass is 10.1. The number of nitrogens with one attached hydrogen (secondary N) is 1. The maximum atomic E-state index is 13.9. The first-order valence-corrected chi connectivity index (χ1v) is 8.39. The van der Waals surface area contributed by atoms with E-state index >= 15 is 0 Å². The zero-order chi connectivity index (χ0) is 16.1. The van der Waals surface area contributed by atoms with Gasteiger partial charge in [-0.15, -0.1) is 11.3 Å². The fourth-order valence-corrected chi connectivity index (χ4v) is 4.02. The molecule has 1 aromatic carbocycles. The van der Waals surface area contributed by atoms with Gasteiger partial charge in [0.1, 0.15) is 16.9 Å². The molecule has 0 radical (unpaired) electrons. The van der Waals surface area contributed by atoms with Gasteiger partial charge in [0.15, 0.2) is 5.82 Å².